The van der Waals surface area contributed by atoms with Gasteiger partial charge in [0.05, 0.1) is 5.69 Å². The molecule has 1 N–H and O–H groups in total. The zero-order chi connectivity index (χ0) is 21.0. The van der Waals surface area contributed by atoms with Crippen LogP contribution in [0.1, 0.15) is 5.69 Å². The van der Waals surface area contributed by atoms with Crippen LogP contribution in [0.3, 0.4) is 0 Å². The molecule has 0 atom stereocenters. The van der Waals surface area contributed by atoms with E-state index in [1.807, 2.05) is 0 Å². The molecule has 0 radical (unpaired) electrons. The van der Waals surface area contributed by atoms with Gasteiger partial charge in [-0.15, -0.1) is 0 Å². The van der Waals surface area contributed by atoms with Crippen molar-refractivity contribution in [2.24, 2.45) is 0 Å². The number of aromatic amines is 1. The molecule has 0 fully saturated rings. The van der Waals surface area contributed by atoms with E-state index in [4.69, 9.17) is 0 Å². The zero-order valence-electron chi connectivity index (χ0n) is 11.6. The summed E-state index contributed by atoms with van der Waals surface area (Å²) in [4.78, 5) is 11.6. The number of halogens is 13. The third-order valence-electron chi connectivity index (χ3n) is 3.04. The Bertz CT molecular complexity index is 717. The van der Waals surface area contributed by atoms with Crippen LogP contribution in [0.25, 0.3) is 0 Å². The molecular formula is C11H4F13NO. The van der Waals surface area contributed by atoms with E-state index in [0.29, 0.717) is 12.1 Å². The van der Waals surface area contributed by atoms with Crippen LogP contribution in [0, 0.1) is 0 Å². The van der Waals surface area contributed by atoms with Crippen molar-refractivity contribution in [1.29, 1.82) is 0 Å². The zero-order valence-corrected chi connectivity index (χ0v) is 11.6. The Balaban J connectivity index is 3.60. The number of hydrogen-bond acceptors (Lipinski definition) is 1. The van der Waals surface area contributed by atoms with E-state index in [9.17, 15) is 61.9 Å². The highest BCUT2D eigenvalue weighted by atomic mass is 19.4. The SMILES string of the molecule is O=c1cccc(C(F)(F)C(F)(F)C(F)(F)C(F)(F)C(F)(F)C(F)(F)F)[nH]1. The molecule has 1 aromatic heterocycles. The van der Waals surface area contributed by atoms with E-state index in [1.165, 1.54) is 0 Å². The van der Waals surface area contributed by atoms with Gasteiger partial charge in [-0.3, -0.25) is 4.79 Å². The van der Waals surface area contributed by atoms with Gasteiger partial charge >= 0.3 is 35.8 Å². The number of H-pyrrole nitrogens is 1. The first-order valence-electron chi connectivity index (χ1n) is 5.90. The third kappa shape index (κ3) is 2.80. The predicted molar refractivity (Wildman–Crippen MR) is 56.8 cm³/mol. The van der Waals surface area contributed by atoms with E-state index in [2.05, 4.69) is 0 Å². The van der Waals surface area contributed by atoms with Crippen LogP contribution in [-0.2, 0) is 5.92 Å². The molecule has 15 heteroatoms. The molecule has 1 heterocycles. The van der Waals surface area contributed by atoms with Crippen molar-refractivity contribution in [3.05, 3.63) is 34.2 Å². The second-order valence-electron chi connectivity index (χ2n) is 4.80. The monoisotopic (exact) mass is 413 g/mol. The highest BCUT2D eigenvalue weighted by Crippen LogP contribution is 2.61. The Morgan fingerprint density at radius 2 is 1.04 bits per heavy atom. The summed E-state index contributed by atoms with van der Waals surface area (Å²) in [6.45, 7) is 0. The summed E-state index contributed by atoms with van der Waals surface area (Å²) in [5.74, 6) is -37.6. The smallest absolute Gasteiger partial charge is 0.321 e. The molecule has 0 bridgehead atoms. The molecule has 0 unspecified atom stereocenters. The van der Waals surface area contributed by atoms with Gasteiger partial charge in [0.25, 0.3) is 0 Å². The van der Waals surface area contributed by atoms with Gasteiger partial charge in [-0.25, -0.2) is 0 Å². The predicted octanol–water partition coefficient (Wildman–Crippen LogP) is 4.57. The molecule has 0 saturated carbocycles. The maximum Gasteiger partial charge on any atom is 0.460 e. The van der Waals surface area contributed by atoms with Crippen LogP contribution in [0.4, 0.5) is 57.1 Å². The fraction of sp³-hybridized carbons (Fsp3) is 0.545. The molecule has 0 saturated heterocycles. The summed E-state index contributed by atoms with van der Waals surface area (Å²) in [6.07, 6.45) is -7.47. The van der Waals surface area contributed by atoms with Gasteiger partial charge < -0.3 is 4.98 Å². The lowest BCUT2D eigenvalue weighted by Crippen LogP contribution is -2.69. The number of rotatable bonds is 5. The second-order valence-corrected chi connectivity index (χ2v) is 4.80. The minimum absolute atomic E-state index is 0.161. The summed E-state index contributed by atoms with van der Waals surface area (Å²) in [5, 5.41) is 0. The van der Waals surface area contributed by atoms with E-state index < -0.39 is 47.0 Å². The fourth-order valence-corrected chi connectivity index (χ4v) is 1.57. The Kier molecular flexibility index (Phi) is 4.90. The van der Waals surface area contributed by atoms with Crippen molar-refractivity contribution in [3.63, 3.8) is 0 Å². The molecule has 0 aliphatic heterocycles. The van der Waals surface area contributed by atoms with Crippen molar-refractivity contribution in [3.8, 4) is 0 Å². The highest BCUT2D eigenvalue weighted by Gasteiger charge is 2.91. The molecule has 150 valence electrons. The third-order valence-corrected chi connectivity index (χ3v) is 3.04. The Morgan fingerprint density at radius 1 is 0.615 bits per heavy atom. The van der Waals surface area contributed by atoms with Gasteiger partial charge in [-0.05, 0) is 6.07 Å². The summed E-state index contributed by atoms with van der Waals surface area (Å²) in [6, 6.07) is 0.534. The summed E-state index contributed by atoms with van der Waals surface area (Å²) < 4.78 is 167. The quantitative estimate of drug-likeness (QED) is 0.706. The van der Waals surface area contributed by atoms with Crippen LogP contribution >= 0.6 is 0 Å². The molecule has 1 rings (SSSR count). The van der Waals surface area contributed by atoms with Crippen molar-refractivity contribution in [2.45, 2.75) is 35.8 Å². The minimum atomic E-state index is -7.97. The van der Waals surface area contributed by atoms with E-state index >= 15 is 0 Å². The van der Waals surface area contributed by atoms with Crippen molar-refractivity contribution in [2.75, 3.05) is 0 Å². The molecule has 1 aromatic rings. The first-order valence-corrected chi connectivity index (χ1v) is 5.90. The molecule has 26 heavy (non-hydrogen) atoms. The largest absolute Gasteiger partial charge is 0.460 e. The van der Waals surface area contributed by atoms with Crippen molar-refractivity contribution in [1.82, 2.24) is 4.98 Å². The second kappa shape index (κ2) is 5.77. The average molecular weight is 413 g/mol. The lowest BCUT2D eigenvalue weighted by Gasteiger charge is -2.39. The van der Waals surface area contributed by atoms with E-state index in [0.717, 1.165) is 4.98 Å². The van der Waals surface area contributed by atoms with Gasteiger partial charge in [-0.1, -0.05) is 6.07 Å². The number of pyridine rings is 1. The van der Waals surface area contributed by atoms with Crippen LogP contribution in [0.5, 0.6) is 0 Å². The van der Waals surface area contributed by atoms with Crippen LogP contribution in [-0.4, -0.2) is 34.9 Å². The lowest BCUT2D eigenvalue weighted by atomic mass is 9.92. The highest BCUT2D eigenvalue weighted by molar-refractivity contribution is 5.19. The number of nitrogens with one attached hydrogen (secondary N) is 1. The van der Waals surface area contributed by atoms with Gasteiger partial charge in [0.1, 0.15) is 0 Å². The van der Waals surface area contributed by atoms with Gasteiger partial charge in [0, 0.05) is 6.07 Å². The normalized spacial score (nSPS) is 15.3. The van der Waals surface area contributed by atoms with Crippen LogP contribution < -0.4 is 5.56 Å². The summed E-state index contributed by atoms with van der Waals surface area (Å²) in [7, 11) is 0. The molecule has 0 aliphatic carbocycles. The first-order chi connectivity index (χ1) is 11.2. The number of aromatic nitrogens is 1. The Morgan fingerprint density at radius 3 is 1.42 bits per heavy atom. The topological polar surface area (TPSA) is 32.9 Å². The maximum atomic E-state index is 13.6. The van der Waals surface area contributed by atoms with Gasteiger partial charge in [0.15, 0.2) is 0 Å². The van der Waals surface area contributed by atoms with E-state index in [-0.39, 0.29) is 6.07 Å². The van der Waals surface area contributed by atoms with Crippen molar-refractivity contribution < 1.29 is 57.1 Å². The lowest BCUT2D eigenvalue weighted by molar-refractivity contribution is -0.442. The Hall–Kier alpha value is -1.96. The first kappa shape index (κ1) is 22.1. The molecule has 0 aromatic carbocycles. The average Bonchev–Trinajstić information content (AvgIpc) is 2.45. The minimum Gasteiger partial charge on any atom is -0.321 e. The van der Waals surface area contributed by atoms with Crippen LogP contribution in [0.15, 0.2) is 23.0 Å². The van der Waals surface area contributed by atoms with Crippen LogP contribution in [0.2, 0.25) is 0 Å². The van der Waals surface area contributed by atoms with E-state index in [1.54, 1.807) is 0 Å². The maximum absolute atomic E-state index is 13.6. The number of hydrogen-bond donors (Lipinski definition) is 1. The Labute approximate surface area is 133 Å². The standard InChI is InChI=1S/C11H4F13NO/c12-6(13,4-2-1-3-5(26)25-4)7(14,15)8(16,17)9(18,19)10(20,21)11(22,23)24/h1-3H,(H,25,26). The van der Waals surface area contributed by atoms with Gasteiger partial charge in [-0.2, -0.15) is 57.1 Å². The summed E-state index contributed by atoms with van der Waals surface area (Å²) in [5.41, 5.74) is -4.02. The van der Waals surface area contributed by atoms with Crippen molar-refractivity contribution >= 4 is 0 Å². The summed E-state index contributed by atoms with van der Waals surface area (Å²) >= 11 is 0. The molecule has 0 aliphatic rings. The molecular weight excluding hydrogens is 409 g/mol. The molecule has 0 amide bonds. The fourth-order valence-electron chi connectivity index (χ4n) is 1.57. The van der Waals surface area contributed by atoms with Gasteiger partial charge in [0.2, 0.25) is 5.56 Å². The molecule has 2 nitrogen and oxygen atoms in total. The number of alkyl halides is 13. The molecule has 0 spiro atoms.